The molecule has 0 unspecified atom stereocenters. The first-order valence-corrected chi connectivity index (χ1v) is 11.9. The van der Waals surface area contributed by atoms with Crippen LogP contribution in [0.5, 0.6) is 5.75 Å². The predicted octanol–water partition coefficient (Wildman–Crippen LogP) is 4.37. The summed E-state index contributed by atoms with van der Waals surface area (Å²) in [5.74, 6) is -0.303. The Morgan fingerprint density at radius 1 is 1.14 bits per heavy atom. The highest BCUT2D eigenvalue weighted by Gasteiger charge is 2.23. The van der Waals surface area contributed by atoms with Crippen LogP contribution >= 0.6 is 0 Å². The highest BCUT2D eigenvalue weighted by atomic mass is 19.1. The predicted molar refractivity (Wildman–Crippen MR) is 138 cm³/mol. The van der Waals surface area contributed by atoms with E-state index in [1.807, 2.05) is 37.3 Å². The lowest BCUT2D eigenvalue weighted by Crippen LogP contribution is -2.38. The molecule has 0 fully saturated rings. The Kier molecular flexibility index (Phi) is 7.70. The van der Waals surface area contributed by atoms with E-state index in [1.165, 1.54) is 12.3 Å². The van der Waals surface area contributed by atoms with Crippen LogP contribution in [0.4, 0.5) is 15.8 Å². The molecule has 0 saturated carbocycles. The summed E-state index contributed by atoms with van der Waals surface area (Å²) in [6, 6.07) is 12.5. The van der Waals surface area contributed by atoms with Gasteiger partial charge in [0.15, 0.2) is 5.65 Å². The summed E-state index contributed by atoms with van der Waals surface area (Å²) in [5, 5.41) is 17.5. The largest absolute Gasteiger partial charge is 0.497 e. The van der Waals surface area contributed by atoms with Gasteiger partial charge < -0.3 is 15.2 Å². The monoisotopic (exact) mass is 507 g/mol. The van der Waals surface area contributed by atoms with E-state index < -0.39 is 17.3 Å². The SMILES string of the molecule is CCc1ccc(Nc2c(C(=O)NOC(C)(C)CO)cnc3c2cnn3Cc2ccc(OC)cc2)c(F)c1. The lowest BCUT2D eigenvalue weighted by Gasteiger charge is -2.22. The summed E-state index contributed by atoms with van der Waals surface area (Å²) in [7, 11) is 1.61. The lowest BCUT2D eigenvalue weighted by atomic mass is 10.1. The van der Waals surface area contributed by atoms with Crippen molar-refractivity contribution < 1.29 is 23.9 Å². The zero-order chi connectivity index (χ0) is 26.6. The molecule has 1 amide bonds. The highest BCUT2D eigenvalue weighted by molar-refractivity contribution is 6.07. The number of hydrogen-bond acceptors (Lipinski definition) is 7. The molecule has 0 bridgehead atoms. The maximum atomic E-state index is 14.9. The van der Waals surface area contributed by atoms with Crippen molar-refractivity contribution >= 4 is 28.3 Å². The van der Waals surface area contributed by atoms with Crippen molar-refractivity contribution in [1.82, 2.24) is 20.2 Å². The van der Waals surface area contributed by atoms with Crippen LogP contribution in [0, 0.1) is 5.82 Å². The number of benzene rings is 2. The van der Waals surface area contributed by atoms with Gasteiger partial charge in [-0.25, -0.2) is 19.5 Å². The number of hydrogen-bond donors (Lipinski definition) is 3. The van der Waals surface area contributed by atoms with E-state index in [9.17, 15) is 14.3 Å². The second-order valence-corrected chi connectivity index (χ2v) is 9.18. The zero-order valence-corrected chi connectivity index (χ0v) is 21.2. The van der Waals surface area contributed by atoms with Crippen LogP contribution in [0.2, 0.25) is 0 Å². The van der Waals surface area contributed by atoms with Crippen molar-refractivity contribution in [3.63, 3.8) is 0 Å². The van der Waals surface area contributed by atoms with Crippen LogP contribution in [0.3, 0.4) is 0 Å². The molecule has 2 heterocycles. The van der Waals surface area contributed by atoms with E-state index in [0.717, 1.165) is 16.9 Å². The third kappa shape index (κ3) is 5.87. The van der Waals surface area contributed by atoms with Crippen LogP contribution < -0.4 is 15.5 Å². The van der Waals surface area contributed by atoms with Gasteiger partial charge >= 0.3 is 0 Å². The van der Waals surface area contributed by atoms with Gasteiger partial charge in [-0.05, 0) is 55.7 Å². The molecule has 9 nitrogen and oxygen atoms in total. The topological polar surface area (TPSA) is 111 Å². The first-order valence-electron chi connectivity index (χ1n) is 11.9. The molecular weight excluding hydrogens is 477 g/mol. The number of aliphatic hydroxyl groups excluding tert-OH is 1. The van der Waals surface area contributed by atoms with Gasteiger partial charge in [0.05, 0.1) is 48.8 Å². The number of pyridine rings is 1. The van der Waals surface area contributed by atoms with E-state index in [1.54, 1.807) is 37.9 Å². The van der Waals surface area contributed by atoms with E-state index in [0.29, 0.717) is 29.7 Å². The molecule has 0 atom stereocenters. The fraction of sp³-hybridized carbons (Fsp3) is 0.296. The van der Waals surface area contributed by atoms with Gasteiger partial charge in [-0.15, -0.1) is 0 Å². The number of halogens is 1. The number of aromatic nitrogens is 3. The average Bonchev–Trinajstić information content (AvgIpc) is 3.32. The summed E-state index contributed by atoms with van der Waals surface area (Å²) in [6.45, 7) is 5.33. The van der Waals surface area contributed by atoms with Gasteiger partial charge in [-0.1, -0.05) is 25.1 Å². The van der Waals surface area contributed by atoms with Gasteiger partial charge in [-0.3, -0.25) is 9.63 Å². The number of anilines is 2. The fourth-order valence-corrected chi connectivity index (χ4v) is 3.64. The van der Waals surface area contributed by atoms with Crippen molar-refractivity contribution in [3.05, 3.63) is 77.4 Å². The normalized spacial score (nSPS) is 11.5. The lowest BCUT2D eigenvalue weighted by molar-refractivity contribution is -0.0956. The second kappa shape index (κ2) is 10.9. The minimum Gasteiger partial charge on any atom is -0.497 e. The van der Waals surface area contributed by atoms with E-state index in [4.69, 9.17) is 9.57 Å². The quantitative estimate of drug-likeness (QED) is 0.274. The van der Waals surface area contributed by atoms with Gasteiger partial charge in [0, 0.05) is 6.20 Å². The molecule has 0 aliphatic heterocycles. The van der Waals surface area contributed by atoms with Gasteiger partial charge in [-0.2, -0.15) is 5.10 Å². The van der Waals surface area contributed by atoms with Crippen molar-refractivity contribution in [1.29, 1.82) is 0 Å². The van der Waals surface area contributed by atoms with Crippen LogP contribution in [0.25, 0.3) is 11.0 Å². The molecule has 4 rings (SSSR count). The number of nitrogens with zero attached hydrogens (tertiary/aromatic N) is 3. The minimum absolute atomic E-state index is 0.129. The number of methoxy groups -OCH3 is 1. The van der Waals surface area contributed by atoms with Crippen molar-refractivity contribution in [2.45, 2.75) is 39.3 Å². The van der Waals surface area contributed by atoms with Gasteiger partial charge in [0.1, 0.15) is 17.2 Å². The number of aryl methyl sites for hydroxylation is 1. The highest BCUT2D eigenvalue weighted by Crippen LogP contribution is 2.31. The number of aliphatic hydroxyl groups is 1. The molecule has 2 aromatic heterocycles. The molecule has 37 heavy (non-hydrogen) atoms. The third-order valence-corrected chi connectivity index (χ3v) is 5.90. The summed E-state index contributed by atoms with van der Waals surface area (Å²) in [4.78, 5) is 22.9. The number of rotatable bonds is 10. The Morgan fingerprint density at radius 3 is 2.51 bits per heavy atom. The third-order valence-electron chi connectivity index (χ3n) is 5.90. The summed E-state index contributed by atoms with van der Waals surface area (Å²) in [5.41, 5.74) is 4.37. The first-order chi connectivity index (χ1) is 17.7. The number of ether oxygens (including phenoxy) is 1. The minimum atomic E-state index is -0.994. The second-order valence-electron chi connectivity index (χ2n) is 9.18. The molecular formula is C27H30FN5O4. The average molecular weight is 508 g/mol. The summed E-state index contributed by atoms with van der Waals surface area (Å²) in [6.07, 6.45) is 3.67. The van der Waals surface area contributed by atoms with Crippen molar-refractivity contribution in [2.24, 2.45) is 0 Å². The fourth-order valence-electron chi connectivity index (χ4n) is 3.64. The molecule has 0 spiro atoms. The zero-order valence-electron chi connectivity index (χ0n) is 21.2. The summed E-state index contributed by atoms with van der Waals surface area (Å²) >= 11 is 0. The van der Waals surface area contributed by atoms with E-state index >= 15 is 0 Å². The van der Waals surface area contributed by atoms with E-state index in [-0.39, 0.29) is 17.9 Å². The standard InChI is InChI=1S/C27H30FN5O4/c1-5-17-8-11-23(22(28)12-17)31-24-20-14-30-33(15-18-6-9-19(36-4)10-7-18)25(20)29-13-21(24)26(35)32-37-27(2,3)16-34/h6-14,34H,5,15-16H2,1-4H3,(H,29,31)(H,32,35). The Bertz CT molecular complexity index is 1400. The van der Waals surface area contributed by atoms with Crippen molar-refractivity contribution in [3.8, 4) is 5.75 Å². The maximum absolute atomic E-state index is 14.9. The molecule has 4 aromatic rings. The number of hydroxylamine groups is 1. The Balaban J connectivity index is 1.73. The number of carbonyl (C=O) groups excluding carboxylic acids is 1. The number of fused-ring (bicyclic) bond motifs is 1. The molecule has 10 heteroatoms. The molecule has 0 radical (unpaired) electrons. The van der Waals surface area contributed by atoms with Crippen LogP contribution in [0.15, 0.2) is 54.9 Å². The van der Waals surface area contributed by atoms with E-state index in [2.05, 4.69) is 20.9 Å². The molecule has 3 N–H and O–H groups in total. The molecule has 0 saturated heterocycles. The van der Waals surface area contributed by atoms with Gasteiger partial charge in [0.25, 0.3) is 5.91 Å². The van der Waals surface area contributed by atoms with Crippen LogP contribution in [0.1, 0.15) is 42.3 Å². The first kappa shape index (κ1) is 26.1. The Hall–Kier alpha value is -4.02. The maximum Gasteiger partial charge on any atom is 0.278 e. The molecule has 0 aliphatic carbocycles. The summed E-state index contributed by atoms with van der Waals surface area (Å²) < 4.78 is 21.8. The molecule has 194 valence electrons. The number of amides is 1. The smallest absolute Gasteiger partial charge is 0.278 e. The number of carbonyl (C=O) groups is 1. The van der Waals surface area contributed by atoms with Crippen LogP contribution in [-0.2, 0) is 17.8 Å². The van der Waals surface area contributed by atoms with Crippen LogP contribution in [-0.4, -0.2) is 45.1 Å². The molecule has 2 aromatic carbocycles. The van der Waals surface area contributed by atoms with Crippen molar-refractivity contribution in [2.75, 3.05) is 19.0 Å². The molecule has 0 aliphatic rings. The Labute approximate surface area is 214 Å². The van der Waals surface area contributed by atoms with Gasteiger partial charge in [0.2, 0.25) is 0 Å². The number of nitrogens with one attached hydrogen (secondary N) is 2. The Morgan fingerprint density at radius 2 is 1.86 bits per heavy atom.